The van der Waals surface area contributed by atoms with Crippen LogP contribution in [-0.4, -0.2) is 40.5 Å². The Morgan fingerprint density at radius 1 is 1.10 bits per heavy atom. The average molecular weight is 405 g/mol. The Morgan fingerprint density at radius 2 is 1.90 bits per heavy atom. The molecule has 0 fully saturated rings. The molecule has 4 aromatic rings. The number of fused-ring (bicyclic) bond motifs is 1. The van der Waals surface area contributed by atoms with E-state index in [0.29, 0.717) is 5.78 Å². The number of nitrogen functional groups attached to an aromatic ring is 1. The molecule has 0 aliphatic rings. The Labute approximate surface area is 171 Å². The summed E-state index contributed by atoms with van der Waals surface area (Å²) in [6, 6.07) is 9.51. The molecule has 0 atom stereocenters. The fourth-order valence-electron chi connectivity index (χ4n) is 2.84. The van der Waals surface area contributed by atoms with Crippen LogP contribution in [0.1, 0.15) is 33.4 Å². The zero-order valence-corrected chi connectivity index (χ0v) is 16.6. The molecule has 30 heavy (non-hydrogen) atoms. The quantitative estimate of drug-likeness (QED) is 0.472. The minimum absolute atomic E-state index is 0.00767. The molecular weight excluding hydrogens is 386 g/mol. The largest absolute Gasteiger partial charge is 0.452 e. The van der Waals surface area contributed by atoms with E-state index in [4.69, 9.17) is 10.5 Å². The second kappa shape index (κ2) is 7.70. The number of para-hydroxylation sites is 1. The summed E-state index contributed by atoms with van der Waals surface area (Å²) in [7, 11) is 0. The highest BCUT2D eigenvalue weighted by Gasteiger charge is 2.17. The standard InChI is InChI=1S/C19H19N9O2/c1-10-6-4-5-7-13(10)22-18-24-14(23-17(20)26-18)9-30-16(29)15-25-19-21-11(2)8-12(3)28(19)27-15/h4-8H,9H2,1-3H3,(H3,20,22,23,24,26). The molecule has 0 bridgehead atoms. The van der Waals surface area contributed by atoms with Crippen molar-refractivity contribution in [1.82, 2.24) is 34.5 Å². The van der Waals surface area contributed by atoms with Gasteiger partial charge in [0.05, 0.1) is 0 Å². The zero-order chi connectivity index (χ0) is 21.3. The number of aryl methyl sites for hydroxylation is 3. The van der Waals surface area contributed by atoms with E-state index in [1.807, 2.05) is 51.1 Å². The number of nitrogens with two attached hydrogens (primary N) is 1. The number of hydrogen-bond acceptors (Lipinski definition) is 10. The van der Waals surface area contributed by atoms with Gasteiger partial charge >= 0.3 is 5.97 Å². The van der Waals surface area contributed by atoms with Gasteiger partial charge in [-0.2, -0.15) is 19.9 Å². The van der Waals surface area contributed by atoms with Crippen LogP contribution in [0.15, 0.2) is 30.3 Å². The van der Waals surface area contributed by atoms with Crippen molar-refractivity contribution in [2.45, 2.75) is 27.4 Å². The van der Waals surface area contributed by atoms with Gasteiger partial charge in [-0.25, -0.2) is 14.3 Å². The second-order valence-electron chi connectivity index (χ2n) is 6.64. The Morgan fingerprint density at radius 3 is 2.70 bits per heavy atom. The zero-order valence-electron chi connectivity index (χ0n) is 16.6. The monoisotopic (exact) mass is 405 g/mol. The Kier molecular flexibility index (Phi) is 4.92. The summed E-state index contributed by atoms with van der Waals surface area (Å²) >= 11 is 0. The fourth-order valence-corrected chi connectivity index (χ4v) is 2.84. The molecule has 0 saturated carbocycles. The lowest BCUT2D eigenvalue weighted by molar-refractivity contribution is 0.0448. The van der Waals surface area contributed by atoms with E-state index >= 15 is 0 Å². The summed E-state index contributed by atoms with van der Waals surface area (Å²) in [4.78, 5) is 33.1. The third-order valence-electron chi connectivity index (χ3n) is 4.22. The van der Waals surface area contributed by atoms with Crippen molar-refractivity contribution < 1.29 is 9.53 Å². The molecular formula is C19H19N9O2. The van der Waals surface area contributed by atoms with E-state index in [1.54, 1.807) is 0 Å². The fraction of sp³-hybridized carbons (Fsp3) is 0.211. The first-order valence-electron chi connectivity index (χ1n) is 9.10. The van der Waals surface area contributed by atoms with Crippen molar-refractivity contribution in [1.29, 1.82) is 0 Å². The first kappa shape index (κ1) is 19.2. The Bertz CT molecular complexity index is 1250. The van der Waals surface area contributed by atoms with Crippen molar-refractivity contribution in [2.24, 2.45) is 0 Å². The van der Waals surface area contributed by atoms with E-state index in [1.165, 1.54) is 4.52 Å². The maximum Gasteiger partial charge on any atom is 0.378 e. The molecule has 3 aromatic heterocycles. The molecule has 0 saturated heterocycles. The highest BCUT2D eigenvalue weighted by Crippen LogP contribution is 2.18. The van der Waals surface area contributed by atoms with Crippen LogP contribution in [0.5, 0.6) is 0 Å². The van der Waals surface area contributed by atoms with Crippen LogP contribution in [-0.2, 0) is 11.3 Å². The minimum atomic E-state index is -0.718. The van der Waals surface area contributed by atoms with Gasteiger partial charge in [-0.05, 0) is 38.5 Å². The topological polar surface area (TPSA) is 146 Å². The van der Waals surface area contributed by atoms with Crippen LogP contribution in [0, 0.1) is 20.8 Å². The molecule has 0 amide bonds. The summed E-state index contributed by atoms with van der Waals surface area (Å²) in [6.45, 7) is 5.43. The number of carbonyl (C=O) groups is 1. The molecule has 152 valence electrons. The van der Waals surface area contributed by atoms with Gasteiger partial charge in [0.25, 0.3) is 11.6 Å². The Hall–Kier alpha value is -4.15. The smallest absolute Gasteiger partial charge is 0.378 e. The van der Waals surface area contributed by atoms with Gasteiger partial charge in [-0.3, -0.25) is 0 Å². The molecule has 0 aliphatic heterocycles. The number of ether oxygens (including phenoxy) is 1. The molecule has 11 heteroatoms. The third kappa shape index (κ3) is 3.99. The van der Waals surface area contributed by atoms with Crippen LogP contribution in [0.2, 0.25) is 0 Å². The molecule has 11 nitrogen and oxygen atoms in total. The average Bonchev–Trinajstić information content (AvgIpc) is 3.12. The lowest BCUT2D eigenvalue weighted by atomic mass is 10.2. The third-order valence-corrected chi connectivity index (χ3v) is 4.22. The van der Waals surface area contributed by atoms with Gasteiger partial charge in [0.15, 0.2) is 12.4 Å². The summed E-state index contributed by atoms with van der Waals surface area (Å²) in [5, 5.41) is 7.23. The van der Waals surface area contributed by atoms with E-state index in [-0.39, 0.29) is 30.2 Å². The number of anilines is 3. The highest BCUT2D eigenvalue weighted by atomic mass is 16.5. The van der Waals surface area contributed by atoms with Crippen molar-refractivity contribution in [3.8, 4) is 0 Å². The molecule has 4 rings (SSSR count). The number of nitrogens with zero attached hydrogens (tertiary/aromatic N) is 7. The second-order valence-corrected chi connectivity index (χ2v) is 6.64. The maximum atomic E-state index is 12.4. The number of hydrogen-bond donors (Lipinski definition) is 2. The normalized spacial score (nSPS) is 10.9. The number of carbonyl (C=O) groups excluding carboxylic acids is 1. The predicted octanol–water partition coefficient (Wildman–Crippen LogP) is 1.92. The lowest BCUT2D eigenvalue weighted by Gasteiger charge is -2.09. The van der Waals surface area contributed by atoms with Crippen LogP contribution in [0.25, 0.3) is 5.78 Å². The molecule has 0 radical (unpaired) electrons. The molecule has 1 aromatic carbocycles. The molecule has 0 aliphatic carbocycles. The maximum absolute atomic E-state index is 12.4. The number of benzene rings is 1. The van der Waals surface area contributed by atoms with Crippen molar-refractivity contribution >= 4 is 29.3 Å². The number of esters is 1. The van der Waals surface area contributed by atoms with Gasteiger partial charge in [-0.1, -0.05) is 18.2 Å². The summed E-state index contributed by atoms with van der Waals surface area (Å²) in [6.07, 6.45) is 0. The number of nitrogens with one attached hydrogen (secondary N) is 1. The van der Waals surface area contributed by atoms with Crippen LogP contribution < -0.4 is 11.1 Å². The Balaban J connectivity index is 1.49. The van der Waals surface area contributed by atoms with Gasteiger partial charge in [-0.15, -0.1) is 5.10 Å². The van der Waals surface area contributed by atoms with Gasteiger partial charge in [0.2, 0.25) is 11.9 Å². The highest BCUT2D eigenvalue weighted by molar-refractivity contribution is 5.85. The molecule has 3 heterocycles. The van der Waals surface area contributed by atoms with E-state index in [9.17, 15) is 4.79 Å². The summed E-state index contributed by atoms with van der Waals surface area (Å²) < 4.78 is 6.74. The SMILES string of the molecule is Cc1cc(C)n2nc(C(=O)OCc3nc(N)nc(Nc4ccccc4C)n3)nc2n1. The van der Waals surface area contributed by atoms with Crippen LogP contribution in [0.4, 0.5) is 17.6 Å². The number of rotatable bonds is 5. The number of aromatic nitrogens is 7. The predicted molar refractivity (Wildman–Crippen MR) is 108 cm³/mol. The van der Waals surface area contributed by atoms with Crippen molar-refractivity contribution in [3.05, 3.63) is 58.9 Å². The minimum Gasteiger partial charge on any atom is -0.452 e. The summed E-state index contributed by atoms with van der Waals surface area (Å²) in [5.74, 6) is -0.0341. The van der Waals surface area contributed by atoms with E-state index in [2.05, 4.69) is 35.3 Å². The van der Waals surface area contributed by atoms with Crippen LogP contribution in [0.3, 0.4) is 0 Å². The van der Waals surface area contributed by atoms with Gasteiger partial charge in [0, 0.05) is 17.1 Å². The molecule has 0 spiro atoms. The lowest BCUT2D eigenvalue weighted by Crippen LogP contribution is -2.12. The van der Waals surface area contributed by atoms with E-state index < -0.39 is 5.97 Å². The summed E-state index contributed by atoms with van der Waals surface area (Å²) in [5.41, 5.74) is 9.20. The van der Waals surface area contributed by atoms with E-state index in [0.717, 1.165) is 22.6 Å². The van der Waals surface area contributed by atoms with Gasteiger partial charge in [0.1, 0.15) is 0 Å². The molecule has 0 unspecified atom stereocenters. The van der Waals surface area contributed by atoms with Crippen molar-refractivity contribution in [3.63, 3.8) is 0 Å². The first-order chi connectivity index (χ1) is 14.4. The molecule has 3 N–H and O–H groups in total. The van der Waals surface area contributed by atoms with Crippen molar-refractivity contribution in [2.75, 3.05) is 11.1 Å². The van der Waals surface area contributed by atoms with Gasteiger partial charge < -0.3 is 15.8 Å². The van der Waals surface area contributed by atoms with Crippen LogP contribution >= 0.6 is 0 Å². The first-order valence-corrected chi connectivity index (χ1v) is 9.10.